The predicted molar refractivity (Wildman–Crippen MR) is 85.6 cm³/mol. The fourth-order valence-electron chi connectivity index (χ4n) is 3.91. The first-order valence-corrected chi connectivity index (χ1v) is 8.52. The average Bonchev–Trinajstić information content (AvgIpc) is 2.86. The zero-order valence-electron chi connectivity index (χ0n) is 12.5. The van der Waals surface area contributed by atoms with Gasteiger partial charge in [0.25, 0.3) is 0 Å². The largest absolute Gasteiger partial charge is 0.480 e. The summed E-state index contributed by atoms with van der Waals surface area (Å²) in [6.45, 7) is 1.78. The third-order valence-electron chi connectivity index (χ3n) is 4.95. The molecular formula is C16H21BrN2O3. The number of hydrogen-bond donors (Lipinski definition) is 2. The number of carboxylic acids is 1. The molecule has 2 aliphatic rings. The summed E-state index contributed by atoms with van der Waals surface area (Å²) in [4.78, 5) is 15.5. The van der Waals surface area contributed by atoms with Gasteiger partial charge in [-0.25, -0.2) is 4.79 Å². The van der Waals surface area contributed by atoms with Gasteiger partial charge in [0, 0.05) is 17.2 Å². The summed E-state index contributed by atoms with van der Waals surface area (Å²) in [5.74, 6) is -0.931. The molecule has 1 aromatic heterocycles. The lowest BCUT2D eigenvalue weighted by atomic mass is 9.77. The quantitative estimate of drug-likeness (QED) is 0.854. The molecule has 2 atom stereocenters. The van der Waals surface area contributed by atoms with E-state index >= 15 is 0 Å². The summed E-state index contributed by atoms with van der Waals surface area (Å²) in [5.41, 5.74) is 0.489. The highest BCUT2D eigenvalue weighted by molar-refractivity contribution is 9.10. The van der Waals surface area contributed by atoms with Gasteiger partial charge in [-0.2, -0.15) is 0 Å². The van der Waals surface area contributed by atoms with Crippen molar-refractivity contribution in [3.8, 4) is 0 Å². The van der Waals surface area contributed by atoms with E-state index in [0.717, 1.165) is 42.5 Å². The lowest BCUT2D eigenvalue weighted by molar-refractivity contribution is -0.151. The Kier molecular flexibility index (Phi) is 4.52. The molecule has 1 saturated carbocycles. The number of rotatable bonds is 4. The van der Waals surface area contributed by atoms with Crippen LogP contribution in [-0.4, -0.2) is 35.8 Å². The minimum absolute atomic E-state index is 0.214. The average molecular weight is 369 g/mol. The molecule has 2 heterocycles. The molecule has 22 heavy (non-hydrogen) atoms. The van der Waals surface area contributed by atoms with E-state index in [-0.39, 0.29) is 12.0 Å². The van der Waals surface area contributed by atoms with Gasteiger partial charge < -0.3 is 15.2 Å². The van der Waals surface area contributed by atoms with Crippen molar-refractivity contribution in [1.29, 1.82) is 0 Å². The Morgan fingerprint density at radius 3 is 2.91 bits per heavy atom. The first-order valence-electron chi connectivity index (χ1n) is 7.72. The number of ether oxygens (including phenoxy) is 1. The summed E-state index contributed by atoms with van der Waals surface area (Å²) in [5, 5.41) is 12.5. The van der Waals surface area contributed by atoms with Gasteiger partial charge in [-0.05, 0) is 72.1 Å². The van der Waals surface area contributed by atoms with Gasteiger partial charge in [0.15, 0.2) is 0 Å². The fraction of sp³-hybridized carbons (Fsp3) is 0.625. The third-order valence-corrected chi connectivity index (χ3v) is 5.42. The Labute approximate surface area is 138 Å². The summed E-state index contributed by atoms with van der Waals surface area (Å²) >= 11 is 3.40. The second-order valence-electron chi connectivity index (χ2n) is 6.50. The van der Waals surface area contributed by atoms with Crippen LogP contribution in [0.15, 0.2) is 22.8 Å². The molecule has 1 aliphatic heterocycles. The molecule has 1 aromatic rings. The van der Waals surface area contributed by atoms with Crippen molar-refractivity contribution in [3.05, 3.63) is 28.5 Å². The van der Waals surface area contributed by atoms with Gasteiger partial charge >= 0.3 is 5.97 Å². The summed E-state index contributed by atoms with van der Waals surface area (Å²) in [6.07, 6.45) is 6.83. The van der Waals surface area contributed by atoms with Crippen molar-refractivity contribution in [3.63, 3.8) is 0 Å². The second-order valence-corrected chi connectivity index (χ2v) is 7.41. The maximum Gasteiger partial charge on any atom is 0.329 e. The molecule has 0 radical (unpaired) electrons. The molecule has 1 aliphatic carbocycles. The second kappa shape index (κ2) is 6.26. The molecule has 120 valence electrons. The summed E-state index contributed by atoms with van der Waals surface area (Å²) in [7, 11) is 0. The van der Waals surface area contributed by atoms with Crippen molar-refractivity contribution in [2.24, 2.45) is 5.41 Å². The molecule has 0 bridgehead atoms. The van der Waals surface area contributed by atoms with E-state index in [1.165, 1.54) is 12.8 Å². The Morgan fingerprint density at radius 1 is 1.41 bits per heavy atom. The number of carboxylic acid groups (broad SMARTS) is 1. The molecule has 0 aromatic carbocycles. The summed E-state index contributed by atoms with van der Waals surface area (Å²) in [6, 6.07) is 3.89. The normalized spacial score (nSPS) is 31.5. The number of halogens is 1. The summed E-state index contributed by atoms with van der Waals surface area (Å²) < 4.78 is 6.81. The number of aliphatic carboxylic acids is 1. The number of carbonyl (C=O) groups is 1. The lowest BCUT2D eigenvalue weighted by Crippen LogP contribution is -2.40. The molecule has 5 nitrogen and oxygen atoms in total. The van der Waals surface area contributed by atoms with E-state index in [0.29, 0.717) is 0 Å². The van der Waals surface area contributed by atoms with Gasteiger partial charge in [0.2, 0.25) is 0 Å². The third kappa shape index (κ3) is 3.19. The molecule has 1 saturated heterocycles. The maximum atomic E-state index is 11.0. The highest BCUT2D eigenvalue weighted by Gasteiger charge is 2.51. The van der Waals surface area contributed by atoms with Gasteiger partial charge in [0.1, 0.15) is 12.2 Å². The topological polar surface area (TPSA) is 71.5 Å². The van der Waals surface area contributed by atoms with Crippen LogP contribution in [0.1, 0.15) is 37.8 Å². The number of hydrogen-bond acceptors (Lipinski definition) is 4. The Morgan fingerprint density at radius 2 is 2.27 bits per heavy atom. The number of piperidine rings is 1. The number of pyridine rings is 1. The lowest BCUT2D eigenvalue weighted by Gasteiger charge is -2.36. The maximum absolute atomic E-state index is 11.0. The van der Waals surface area contributed by atoms with E-state index in [4.69, 9.17) is 9.84 Å². The van der Waals surface area contributed by atoms with Crippen LogP contribution in [0, 0.1) is 5.41 Å². The number of nitrogens with zero attached hydrogens (tertiary/aromatic N) is 1. The first-order chi connectivity index (χ1) is 10.5. The highest BCUT2D eigenvalue weighted by atomic mass is 79.9. The van der Waals surface area contributed by atoms with Crippen molar-refractivity contribution in [1.82, 2.24) is 10.3 Å². The molecule has 6 heteroatoms. The van der Waals surface area contributed by atoms with E-state index in [2.05, 4.69) is 26.2 Å². The van der Waals surface area contributed by atoms with Crippen LogP contribution in [-0.2, 0) is 15.1 Å². The molecule has 1 spiro atoms. The van der Waals surface area contributed by atoms with Crippen molar-refractivity contribution in [2.75, 3.05) is 19.7 Å². The molecule has 2 N–H and O–H groups in total. The molecule has 0 amide bonds. The SMILES string of the molecule is O=C(O)COC1(c2ccc(Br)cn2)CCC2(CCCNC2)C1. The van der Waals surface area contributed by atoms with Gasteiger partial charge in [0.05, 0.1) is 5.69 Å². The first kappa shape index (κ1) is 15.9. The van der Waals surface area contributed by atoms with Crippen LogP contribution < -0.4 is 5.32 Å². The van der Waals surface area contributed by atoms with E-state index in [1.54, 1.807) is 6.20 Å². The standard InChI is InChI=1S/C16H21BrN2O3/c17-12-2-3-13(19-8-12)16(22-9-14(20)21)6-5-15(10-16)4-1-7-18-11-15/h2-3,8,18H,1,4-7,9-11H2,(H,20,21). The smallest absolute Gasteiger partial charge is 0.329 e. The highest BCUT2D eigenvalue weighted by Crippen LogP contribution is 2.53. The van der Waals surface area contributed by atoms with Gasteiger partial charge in [-0.3, -0.25) is 4.98 Å². The van der Waals surface area contributed by atoms with Crippen LogP contribution >= 0.6 is 15.9 Å². The van der Waals surface area contributed by atoms with E-state index in [1.807, 2.05) is 12.1 Å². The Bertz CT molecular complexity index is 543. The zero-order valence-corrected chi connectivity index (χ0v) is 14.1. The van der Waals surface area contributed by atoms with E-state index < -0.39 is 11.6 Å². The molecule has 3 rings (SSSR count). The van der Waals surface area contributed by atoms with Crippen molar-refractivity contribution >= 4 is 21.9 Å². The monoisotopic (exact) mass is 368 g/mol. The number of aromatic nitrogens is 1. The molecule has 2 unspecified atom stereocenters. The van der Waals surface area contributed by atoms with Gasteiger partial charge in [-0.1, -0.05) is 0 Å². The Balaban J connectivity index is 1.87. The van der Waals surface area contributed by atoms with Crippen LogP contribution in [0.2, 0.25) is 0 Å². The van der Waals surface area contributed by atoms with Gasteiger partial charge in [-0.15, -0.1) is 0 Å². The van der Waals surface area contributed by atoms with Crippen LogP contribution in [0.25, 0.3) is 0 Å². The predicted octanol–water partition coefficient (Wildman–Crippen LogP) is 2.69. The van der Waals surface area contributed by atoms with Crippen LogP contribution in [0.5, 0.6) is 0 Å². The van der Waals surface area contributed by atoms with Crippen LogP contribution in [0.3, 0.4) is 0 Å². The van der Waals surface area contributed by atoms with Crippen LogP contribution in [0.4, 0.5) is 0 Å². The minimum Gasteiger partial charge on any atom is -0.480 e. The molecule has 2 fully saturated rings. The van der Waals surface area contributed by atoms with Crippen molar-refractivity contribution in [2.45, 2.75) is 37.7 Å². The zero-order chi connectivity index (χ0) is 15.6. The number of nitrogens with one attached hydrogen (secondary N) is 1. The molecular weight excluding hydrogens is 348 g/mol. The van der Waals surface area contributed by atoms with E-state index in [9.17, 15) is 4.79 Å². The fourth-order valence-corrected chi connectivity index (χ4v) is 4.14. The Hall–Kier alpha value is -0.980. The minimum atomic E-state index is -0.931. The van der Waals surface area contributed by atoms with Crippen molar-refractivity contribution < 1.29 is 14.6 Å².